The molecule has 1 atom stereocenters. The Morgan fingerprint density at radius 3 is 2.44 bits per heavy atom. The maximum atomic E-state index is 10.8. The number of hydrogen-bond acceptors (Lipinski definition) is 2. The molecule has 0 amide bonds. The molecule has 0 radical (unpaired) electrons. The van der Waals surface area contributed by atoms with E-state index < -0.39 is 5.97 Å². The highest BCUT2D eigenvalue weighted by Crippen LogP contribution is 2.27. The highest BCUT2D eigenvalue weighted by atomic mass is 35.5. The summed E-state index contributed by atoms with van der Waals surface area (Å²) in [5.41, 5.74) is 1.06. The van der Waals surface area contributed by atoms with Crippen molar-refractivity contribution < 1.29 is 9.90 Å². The number of carboxylic acid groups (broad SMARTS) is 1. The summed E-state index contributed by atoms with van der Waals surface area (Å²) in [5.74, 6) is -0.744. The zero-order chi connectivity index (χ0) is 13.3. The Kier molecular flexibility index (Phi) is 4.15. The van der Waals surface area contributed by atoms with Crippen LogP contribution in [0.3, 0.4) is 0 Å². The zero-order valence-corrected chi connectivity index (χ0v) is 11.6. The molecule has 1 heterocycles. The molecule has 0 bridgehead atoms. The number of rotatable bonds is 4. The van der Waals surface area contributed by atoms with Crippen LogP contribution in [0.25, 0.3) is 0 Å². The van der Waals surface area contributed by atoms with Gasteiger partial charge in [0.2, 0.25) is 0 Å². The maximum Gasteiger partial charge on any atom is 0.306 e. The molecule has 1 unspecified atom stereocenters. The summed E-state index contributed by atoms with van der Waals surface area (Å²) >= 11 is 11.9. The Balaban J connectivity index is 1.88. The Labute approximate surface area is 116 Å². The minimum absolute atomic E-state index is 0.247. The lowest BCUT2D eigenvalue weighted by Gasteiger charge is -2.41. The first-order valence-electron chi connectivity index (χ1n) is 5.86. The summed E-state index contributed by atoms with van der Waals surface area (Å²) < 4.78 is 0. The molecule has 98 valence electrons. The van der Waals surface area contributed by atoms with Gasteiger partial charge in [-0.15, -0.1) is 0 Å². The van der Waals surface area contributed by atoms with E-state index in [9.17, 15) is 4.79 Å². The number of benzene rings is 1. The molecule has 0 spiro atoms. The number of likely N-dealkylation sites (tertiary alicyclic amines) is 1. The van der Waals surface area contributed by atoms with Gasteiger partial charge < -0.3 is 5.11 Å². The Hall–Kier alpha value is -0.770. The summed E-state index contributed by atoms with van der Waals surface area (Å²) in [6.45, 7) is 4.17. The Bertz CT molecular complexity index is 438. The highest BCUT2D eigenvalue weighted by Gasteiger charge is 2.34. The molecule has 0 saturated carbocycles. The second kappa shape index (κ2) is 5.47. The average molecular weight is 288 g/mol. The lowest BCUT2D eigenvalue weighted by molar-refractivity contribution is -0.145. The molecule has 0 aliphatic carbocycles. The summed E-state index contributed by atoms with van der Waals surface area (Å²) in [6.07, 6.45) is 0. The van der Waals surface area contributed by atoms with Gasteiger partial charge in [-0.2, -0.15) is 0 Å². The molecule has 0 aromatic heterocycles. The fraction of sp³-hybridized carbons (Fsp3) is 0.462. The topological polar surface area (TPSA) is 40.5 Å². The van der Waals surface area contributed by atoms with E-state index in [-0.39, 0.29) is 11.8 Å². The summed E-state index contributed by atoms with van der Waals surface area (Å²) in [6, 6.07) is 5.49. The smallest absolute Gasteiger partial charge is 0.306 e. The van der Waals surface area contributed by atoms with Gasteiger partial charge in [0.15, 0.2) is 0 Å². The van der Waals surface area contributed by atoms with E-state index in [0.717, 1.165) is 25.2 Å². The van der Waals surface area contributed by atoms with Crippen LogP contribution < -0.4 is 0 Å². The van der Waals surface area contributed by atoms with E-state index in [1.54, 1.807) is 13.0 Å². The van der Waals surface area contributed by atoms with Crippen LogP contribution in [0.5, 0.6) is 0 Å². The number of carbonyl (C=O) groups is 1. The quantitative estimate of drug-likeness (QED) is 0.925. The first-order chi connectivity index (χ1) is 8.45. The number of aliphatic carboxylic acids is 1. The second-order valence-electron chi connectivity index (χ2n) is 4.86. The maximum absolute atomic E-state index is 10.8. The van der Waals surface area contributed by atoms with Crippen LogP contribution in [-0.2, 0) is 11.3 Å². The minimum Gasteiger partial charge on any atom is -0.481 e. The summed E-state index contributed by atoms with van der Waals surface area (Å²) in [4.78, 5) is 13.0. The monoisotopic (exact) mass is 287 g/mol. The molecule has 5 heteroatoms. The first-order valence-corrected chi connectivity index (χ1v) is 6.61. The van der Waals surface area contributed by atoms with Crippen LogP contribution in [0.1, 0.15) is 12.5 Å². The summed E-state index contributed by atoms with van der Waals surface area (Å²) in [7, 11) is 0. The molecule has 1 saturated heterocycles. The minimum atomic E-state index is -0.717. The van der Waals surface area contributed by atoms with Gasteiger partial charge in [-0.3, -0.25) is 9.69 Å². The lowest BCUT2D eigenvalue weighted by atomic mass is 9.87. The van der Waals surface area contributed by atoms with E-state index in [1.165, 1.54) is 0 Å². The zero-order valence-electron chi connectivity index (χ0n) is 10.1. The van der Waals surface area contributed by atoms with Gasteiger partial charge in [0.25, 0.3) is 0 Å². The molecule has 1 aliphatic heterocycles. The highest BCUT2D eigenvalue weighted by molar-refractivity contribution is 6.34. The van der Waals surface area contributed by atoms with Gasteiger partial charge >= 0.3 is 5.97 Å². The van der Waals surface area contributed by atoms with Crippen molar-refractivity contribution in [3.05, 3.63) is 33.8 Å². The first kappa shape index (κ1) is 13.7. The predicted octanol–water partition coefficient (Wildman–Crippen LogP) is 3.15. The number of carboxylic acids is 1. The molecule has 1 aliphatic rings. The largest absolute Gasteiger partial charge is 0.481 e. The lowest BCUT2D eigenvalue weighted by Crippen LogP contribution is -2.50. The fourth-order valence-electron chi connectivity index (χ4n) is 2.22. The molecule has 1 fully saturated rings. The van der Waals surface area contributed by atoms with E-state index in [4.69, 9.17) is 28.3 Å². The second-order valence-corrected chi connectivity index (χ2v) is 5.73. The van der Waals surface area contributed by atoms with Crippen LogP contribution in [0.2, 0.25) is 10.0 Å². The van der Waals surface area contributed by atoms with Crippen molar-refractivity contribution in [1.82, 2.24) is 4.90 Å². The third kappa shape index (κ3) is 3.16. The van der Waals surface area contributed by atoms with Crippen LogP contribution in [0.15, 0.2) is 18.2 Å². The van der Waals surface area contributed by atoms with Gasteiger partial charge in [0.1, 0.15) is 0 Å². The van der Waals surface area contributed by atoms with Crippen LogP contribution in [0.4, 0.5) is 0 Å². The molecule has 18 heavy (non-hydrogen) atoms. The molecule has 1 N–H and O–H groups in total. The summed E-state index contributed by atoms with van der Waals surface area (Å²) in [5, 5.41) is 10.2. The van der Waals surface area contributed by atoms with Gasteiger partial charge in [0.05, 0.1) is 5.92 Å². The van der Waals surface area contributed by atoms with Crippen molar-refractivity contribution in [2.45, 2.75) is 13.5 Å². The van der Waals surface area contributed by atoms with Crippen molar-refractivity contribution in [3.63, 3.8) is 0 Å². The number of nitrogens with zero attached hydrogens (tertiary/aromatic N) is 1. The van der Waals surface area contributed by atoms with Crippen molar-refractivity contribution >= 4 is 29.2 Å². The van der Waals surface area contributed by atoms with E-state index >= 15 is 0 Å². The molecule has 3 nitrogen and oxygen atoms in total. The van der Waals surface area contributed by atoms with Gasteiger partial charge in [-0.1, -0.05) is 30.1 Å². The average Bonchev–Trinajstić information content (AvgIpc) is 2.20. The van der Waals surface area contributed by atoms with Crippen molar-refractivity contribution in [3.8, 4) is 0 Å². The fourth-order valence-corrected chi connectivity index (χ4v) is 2.79. The van der Waals surface area contributed by atoms with Crippen LogP contribution >= 0.6 is 23.2 Å². The van der Waals surface area contributed by atoms with Crippen molar-refractivity contribution in [2.24, 2.45) is 11.8 Å². The number of halogens is 2. The van der Waals surface area contributed by atoms with Gasteiger partial charge in [-0.05, 0) is 29.7 Å². The predicted molar refractivity (Wildman–Crippen MR) is 72.0 cm³/mol. The Morgan fingerprint density at radius 1 is 1.39 bits per heavy atom. The molecule has 1 aromatic rings. The third-order valence-electron chi connectivity index (χ3n) is 3.41. The SMILES string of the molecule is CC(C(=O)O)C1CN(Cc2cc(Cl)cc(Cl)c2)C1. The molecule has 2 rings (SSSR count). The van der Waals surface area contributed by atoms with E-state index in [1.807, 2.05) is 12.1 Å². The van der Waals surface area contributed by atoms with Crippen molar-refractivity contribution in [1.29, 1.82) is 0 Å². The Morgan fingerprint density at radius 2 is 1.94 bits per heavy atom. The molecule has 1 aromatic carbocycles. The van der Waals surface area contributed by atoms with Crippen LogP contribution in [0, 0.1) is 11.8 Å². The van der Waals surface area contributed by atoms with E-state index in [0.29, 0.717) is 10.0 Å². The van der Waals surface area contributed by atoms with E-state index in [2.05, 4.69) is 4.90 Å². The van der Waals surface area contributed by atoms with Crippen molar-refractivity contribution in [2.75, 3.05) is 13.1 Å². The number of hydrogen-bond donors (Lipinski definition) is 1. The molecular weight excluding hydrogens is 273 g/mol. The van der Waals surface area contributed by atoms with Crippen LogP contribution in [-0.4, -0.2) is 29.1 Å². The van der Waals surface area contributed by atoms with Gasteiger partial charge in [-0.25, -0.2) is 0 Å². The normalized spacial score (nSPS) is 18.4. The standard InChI is InChI=1S/C13H15Cl2NO2/c1-8(13(17)18)10-6-16(7-10)5-9-2-11(14)4-12(15)3-9/h2-4,8,10H,5-7H2,1H3,(H,17,18). The third-order valence-corrected chi connectivity index (χ3v) is 3.85. The molecular formula is C13H15Cl2NO2. The van der Waals surface area contributed by atoms with Gasteiger partial charge in [0, 0.05) is 29.7 Å².